The largest absolute Gasteiger partial charge is 0.512 e. The SMILES string of the molecule is CC(=O)/C=C(/C)O.Cc1[c-]c(-c2nc3ccc(C(C)C)cc3cc2C)cc(C)c1.[Ir]. The molecule has 0 atom stereocenters. The van der Waals surface area contributed by atoms with E-state index in [-0.39, 0.29) is 31.6 Å². The molecule has 0 amide bonds. The summed E-state index contributed by atoms with van der Waals surface area (Å²) in [5.41, 5.74) is 8.15. The molecule has 0 fully saturated rings. The first-order valence-electron chi connectivity index (χ1n) is 9.87. The number of aliphatic hydroxyl groups excluding tert-OH is 1. The van der Waals surface area contributed by atoms with Gasteiger partial charge in [0.2, 0.25) is 0 Å². The van der Waals surface area contributed by atoms with Crippen LogP contribution >= 0.6 is 0 Å². The van der Waals surface area contributed by atoms with E-state index in [0.717, 1.165) is 22.3 Å². The van der Waals surface area contributed by atoms with Crippen molar-refractivity contribution in [1.29, 1.82) is 0 Å². The van der Waals surface area contributed by atoms with Crippen molar-refractivity contribution >= 4 is 16.7 Å². The molecule has 0 aliphatic heterocycles. The molecule has 0 saturated carbocycles. The van der Waals surface area contributed by atoms with E-state index < -0.39 is 0 Å². The Morgan fingerprint density at radius 3 is 2.23 bits per heavy atom. The molecule has 2 aromatic carbocycles. The van der Waals surface area contributed by atoms with Crippen LogP contribution in [-0.4, -0.2) is 15.9 Å². The molecule has 1 heterocycles. The summed E-state index contributed by atoms with van der Waals surface area (Å²) in [5, 5.41) is 9.58. The van der Waals surface area contributed by atoms with E-state index in [4.69, 9.17) is 10.1 Å². The number of ketones is 1. The smallest absolute Gasteiger partial charge is 0.155 e. The van der Waals surface area contributed by atoms with Gasteiger partial charge in [-0.2, -0.15) is 0 Å². The fourth-order valence-corrected chi connectivity index (χ4v) is 3.25. The number of aliphatic hydroxyl groups is 1. The first-order chi connectivity index (χ1) is 13.6. The number of pyridine rings is 1. The van der Waals surface area contributed by atoms with Crippen molar-refractivity contribution in [3.8, 4) is 11.3 Å². The van der Waals surface area contributed by atoms with Gasteiger partial charge in [0.05, 0.1) is 11.3 Å². The zero-order valence-corrected chi connectivity index (χ0v) is 21.1. The number of carbonyl (C=O) groups is 1. The summed E-state index contributed by atoms with van der Waals surface area (Å²) in [5.74, 6) is 0.477. The molecule has 4 heteroatoms. The summed E-state index contributed by atoms with van der Waals surface area (Å²) in [7, 11) is 0. The Balaban J connectivity index is 0.000000489. The van der Waals surface area contributed by atoms with Gasteiger partial charge in [0.1, 0.15) is 0 Å². The number of hydrogen-bond donors (Lipinski definition) is 1. The number of fused-ring (bicyclic) bond motifs is 1. The number of benzene rings is 2. The Hall–Kier alpha value is -2.29. The second kappa shape index (κ2) is 11.2. The summed E-state index contributed by atoms with van der Waals surface area (Å²) >= 11 is 0. The number of nitrogens with zero attached hydrogens (tertiary/aromatic N) is 1. The Kier molecular flexibility index (Phi) is 9.61. The molecule has 0 aliphatic carbocycles. The molecule has 3 rings (SSSR count). The molecule has 1 radical (unpaired) electrons. The Morgan fingerprint density at radius 2 is 1.73 bits per heavy atom. The van der Waals surface area contributed by atoms with Crippen LogP contribution in [0.25, 0.3) is 22.2 Å². The summed E-state index contributed by atoms with van der Waals surface area (Å²) < 4.78 is 0. The van der Waals surface area contributed by atoms with Crippen molar-refractivity contribution in [2.75, 3.05) is 0 Å². The minimum atomic E-state index is -0.125. The molecule has 1 N–H and O–H groups in total. The van der Waals surface area contributed by atoms with Gasteiger partial charge in [0, 0.05) is 26.2 Å². The predicted molar refractivity (Wildman–Crippen MR) is 121 cm³/mol. The minimum Gasteiger partial charge on any atom is -0.512 e. The molecule has 3 nitrogen and oxygen atoms in total. The number of carbonyl (C=O) groups excluding carboxylic acids is 1. The third-order valence-corrected chi connectivity index (χ3v) is 4.51. The zero-order valence-electron chi connectivity index (χ0n) is 18.8. The van der Waals surface area contributed by atoms with E-state index in [1.165, 1.54) is 42.0 Å². The van der Waals surface area contributed by atoms with Gasteiger partial charge in [-0.15, -0.1) is 34.9 Å². The van der Waals surface area contributed by atoms with Crippen molar-refractivity contribution < 1.29 is 30.0 Å². The number of rotatable bonds is 3. The standard InChI is InChI=1S/C21H22N.C5H8O2.Ir/c1-13(2)17-6-7-20-18(12-17)11-16(5)21(22-20)19-9-14(3)8-15(4)10-19;1-4(6)3-5(2)7;/h6-9,11-13H,1-5H3;3,6H,1-2H3;/q-1;;/b;4-3-;. The topological polar surface area (TPSA) is 50.2 Å². The van der Waals surface area contributed by atoms with Crippen LogP contribution < -0.4 is 0 Å². The summed E-state index contributed by atoms with van der Waals surface area (Å²) in [6.45, 7) is 13.6. The number of allylic oxidation sites excluding steroid dienone is 2. The van der Waals surface area contributed by atoms with Gasteiger partial charge in [-0.25, -0.2) is 0 Å². The molecule has 1 aromatic heterocycles. The molecule has 0 bridgehead atoms. The first-order valence-corrected chi connectivity index (χ1v) is 9.87. The monoisotopic (exact) mass is 581 g/mol. The van der Waals surface area contributed by atoms with Crippen molar-refractivity contribution in [3.63, 3.8) is 0 Å². The molecule has 3 aromatic rings. The number of aryl methyl sites for hydroxylation is 3. The molecular weight excluding hydrogens is 551 g/mol. The molecule has 0 aliphatic rings. The van der Waals surface area contributed by atoms with Gasteiger partial charge >= 0.3 is 0 Å². The van der Waals surface area contributed by atoms with Crippen LogP contribution in [0.15, 0.2) is 48.2 Å². The van der Waals surface area contributed by atoms with E-state index in [1.54, 1.807) is 0 Å². The average Bonchev–Trinajstić information content (AvgIpc) is 2.59. The van der Waals surface area contributed by atoms with Crippen LogP contribution in [0.2, 0.25) is 0 Å². The first kappa shape index (κ1) is 25.7. The normalized spacial score (nSPS) is 11.0. The summed E-state index contributed by atoms with van der Waals surface area (Å²) in [6, 6.07) is 16.6. The maximum Gasteiger partial charge on any atom is 0.155 e. The third kappa shape index (κ3) is 7.19. The maximum absolute atomic E-state index is 10.0. The van der Waals surface area contributed by atoms with Gasteiger partial charge in [-0.05, 0) is 55.5 Å². The second-order valence-electron chi connectivity index (χ2n) is 7.91. The van der Waals surface area contributed by atoms with Crippen LogP contribution in [0, 0.1) is 26.8 Å². The van der Waals surface area contributed by atoms with Crippen molar-refractivity contribution in [2.45, 2.75) is 54.4 Å². The fourth-order valence-electron chi connectivity index (χ4n) is 3.25. The van der Waals surface area contributed by atoms with Gasteiger partial charge < -0.3 is 5.11 Å². The van der Waals surface area contributed by atoms with Gasteiger partial charge in [-0.3, -0.25) is 9.78 Å². The molecule has 30 heavy (non-hydrogen) atoms. The van der Waals surface area contributed by atoms with Gasteiger partial charge in [-0.1, -0.05) is 45.4 Å². The van der Waals surface area contributed by atoms with Gasteiger partial charge in [0.25, 0.3) is 0 Å². The third-order valence-electron chi connectivity index (χ3n) is 4.51. The van der Waals surface area contributed by atoms with Crippen molar-refractivity contribution in [1.82, 2.24) is 4.98 Å². The van der Waals surface area contributed by atoms with E-state index in [9.17, 15) is 4.79 Å². The predicted octanol–water partition coefficient (Wildman–Crippen LogP) is 6.79. The Labute approximate surface area is 193 Å². The Bertz CT molecular complexity index is 1040. The van der Waals surface area contributed by atoms with Crippen molar-refractivity contribution in [2.24, 2.45) is 0 Å². The quantitative estimate of drug-likeness (QED) is 0.211. The fraction of sp³-hybridized carbons (Fsp3) is 0.308. The summed E-state index contributed by atoms with van der Waals surface area (Å²) in [4.78, 5) is 14.9. The van der Waals surface area contributed by atoms with Crippen molar-refractivity contribution in [3.05, 3.63) is 76.6 Å². The van der Waals surface area contributed by atoms with E-state index in [1.807, 2.05) is 0 Å². The molecule has 0 spiro atoms. The second-order valence-corrected chi connectivity index (χ2v) is 7.91. The van der Waals surface area contributed by atoms with E-state index in [2.05, 4.69) is 77.1 Å². The average molecular weight is 581 g/mol. The maximum atomic E-state index is 10.0. The molecule has 0 saturated heterocycles. The van der Waals surface area contributed by atoms with E-state index >= 15 is 0 Å². The molecule has 161 valence electrons. The number of hydrogen-bond acceptors (Lipinski definition) is 3. The van der Waals surface area contributed by atoms with Crippen LogP contribution in [-0.2, 0) is 24.9 Å². The Morgan fingerprint density at radius 1 is 1.07 bits per heavy atom. The number of aromatic nitrogens is 1. The van der Waals surface area contributed by atoms with Crippen LogP contribution in [0.4, 0.5) is 0 Å². The van der Waals surface area contributed by atoms with Crippen LogP contribution in [0.1, 0.15) is 55.9 Å². The zero-order chi connectivity index (χ0) is 21.7. The van der Waals surface area contributed by atoms with Crippen LogP contribution in [0.5, 0.6) is 0 Å². The van der Waals surface area contributed by atoms with E-state index in [0.29, 0.717) is 5.92 Å². The summed E-state index contributed by atoms with van der Waals surface area (Å²) in [6.07, 6.45) is 1.17. The van der Waals surface area contributed by atoms with Gasteiger partial charge in [0.15, 0.2) is 5.78 Å². The minimum absolute atomic E-state index is 0. The molecular formula is C26H30IrNO2-. The van der Waals surface area contributed by atoms with Crippen LogP contribution in [0.3, 0.4) is 0 Å². The molecule has 0 unspecified atom stereocenters.